The summed E-state index contributed by atoms with van der Waals surface area (Å²) < 4.78 is 2.01. The zero-order valence-corrected chi connectivity index (χ0v) is 17.6. The number of hydrogen-bond acceptors (Lipinski definition) is 4. The molecular weight excluding hydrogens is 409 g/mol. The summed E-state index contributed by atoms with van der Waals surface area (Å²) in [5.41, 5.74) is 9.63. The summed E-state index contributed by atoms with van der Waals surface area (Å²) in [4.78, 5) is 23.9. The van der Waals surface area contributed by atoms with Gasteiger partial charge in [0.1, 0.15) is 5.52 Å². The van der Waals surface area contributed by atoms with E-state index in [0.717, 1.165) is 37.1 Å². The quantitative estimate of drug-likeness (QED) is 0.687. The molecule has 1 aliphatic carbocycles. The summed E-state index contributed by atoms with van der Waals surface area (Å²) in [5.74, 6) is 0.926. The van der Waals surface area contributed by atoms with E-state index in [4.69, 9.17) is 5.73 Å². The van der Waals surface area contributed by atoms with Gasteiger partial charge in [0.15, 0.2) is 5.65 Å². The second-order valence-corrected chi connectivity index (χ2v) is 7.81. The van der Waals surface area contributed by atoms with Crippen molar-refractivity contribution in [3.63, 3.8) is 0 Å². The molecule has 0 spiro atoms. The van der Waals surface area contributed by atoms with Crippen LogP contribution in [0.3, 0.4) is 0 Å². The van der Waals surface area contributed by atoms with Crippen molar-refractivity contribution >= 4 is 41.9 Å². The van der Waals surface area contributed by atoms with Crippen LogP contribution in [-0.4, -0.2) is 44.5 Å². The number of pyridine rings is 1. The molecule has 1 aromatic carbocycles. The largest absolute Gasteiger partial charge is 0.338 e. The summed E-state index contributed by atoms with van der Waals surface area (Å²) in [6.07, 6.45) is 5.75. The molecule has 6 nitrogen and oxygen atoms in total. The van der Waals surface area contributed by atoms with E-state index in [-0.39, 0.29) is 36.8 Å². The SMILES string of the molecule is Cl.Cl.NC1[C@@H]2CC[C@H]1CN(C(=O)c1cnc3c(c1)ncn3Cc1ccccc1)C2. The van der Waals surface area contributed by atoms with Crippen LogP contribution in [-0.2, 0) is 6.54 Å². The molecule has 3 atom stereocenters. The number of imidazole rings is 1. The fraction of sp³-hybridized carbons (Fsp3) is 0.381. The smallest absolute Gasteiger partial charge is 0.255 e. The molecule has 2 N–H and O–H groups in total. The molecule has 2 fully saturated rings. The Morgan fingerprint density at radius 2 is 1.76 bits per heavy atom. The molecule has 1 unspecified atom stereocenters. The second kappa shape index (κ2) is 8.69. The number of hydrogen-bond donors (Lipinski definition) is 1. The van der Waals surface area contributed by atoms with Crippen molar-refractivity contribution in [2.75, 3.05) is 13.1 Å². The van der Waals surface area contributed by atoms with Crippen LogP contribution in [0.25, 0.3) is 11.2 Å². The van der Waals surface area contributed by atoms with Gasteiger partial charge in [0.2, 0.25) is 0 Å². The lowest BCUT2D eigenvalue weighted by atomic mass is 9.93. The number of likely N-dealkylation sites (tertiary alicyclic amines) is 1. The van der Waals surface area contributed by atoms with Gasteiger partial charge in [-0.3, -0.25) is 4.79 Å². The second-order valence-electron chi connectivity index (χ2n) is 7.81. The normalized spacial score (nSPS) is 22.8. The summed E-state index contributed by atoms with van der Waals surface area (Å²) >= 11 is 0. The number of carbonyl (C=O) groups is 1. The third kappa shape index (κ3) is 3.97. The molecule has 3 heterocycles. The number of fused-ring (bicyclic) bond motifs is 3. The molecule has 2 aromatic heterocycles. The van der Waals surface area contributed by atoms with Gasteiger partial charge in [0.05, 0.1) is 18.4 Å². The van der Waals surface area contributed by atoms with Crippen LogP contribution in [0.1, 0.15) is 28.8 Å². The molecule has 2 bridgehead atoms. The van der Waals surface area contributed by atoms with Gasteiger partial charge >= 0.3 is 0 Å². The highest BCUT2D eigenvalue weighted by molar-refractivity contribution is 5.96. The van der Waals surface area contributed by atoms with E-state index in [0.29, 0.717) is 23.9 Å². The minimum absolute atomic E-state index is 0. The first-order valence-corrected chi connectivity index (χ1v) is 9.59. The highest BCUT2D eigenvalue weighted by Gasteiger charge is 2.41. The Balaban J connectivity index is 0.00000120. The van der Waals surface area contributed by atoms with E-state index < -0.39 is 0 Å². The van der Waals surface area contributed by atoms with E-state index >= 15 is 0 Å². The van der Waals surface area contributed by atoms with Crippen LogP contribution < -0.4 is 5.73 Å². The summed E-state index contributed by atoms with van der Waals surface area (Å²) in [6.45, 7) is 2.24. The molecule has 29 heavy (non-hydrogen) atoms. The highest BCUT2D eigenvalue weighted by atomic mass is 35.5. The monoisotopic (exact) mass is 433 g/mol. The first-order valence-electron chi connectivity index (χ1n) is 9.59. The predicted octanol–water partition coefficient (Wildman–Crippen LogP) is 3.13. The summed E-state index contributed by atoms with van der Waals surface area (Å²) in [7, 11) is 0. The van der Waals surface area contributed by atoms with Gasteiger partial charge in [-0.05, 0) is 36.3 Å². The lowest BCUT2D eigenvalue weighted by molar-refractivity contribution is 0.0637. The molecular formula is C21H25Cl2N5O. The Bertz CT molecular complexity index is 979. The van der Waals surface area contributed by atoms with E-state index in [2.05, 4.69) is 22.1 Å². The first-order chi connectivity index (χ1) is 13.2. The van der Waals surface area contributed by atoms with Crippen molar-refractivity contribution in [1.82, 2.24) is 19.4 Å². The number of aromatic nitrogens is 3. The number of rotatable bonds is 3. The van der Waals surface area contributed by atoms with E-state index in [9.17, 15) is 4.79 Å². The zero-order chi connectivity index (χ0) is 18.4. The molecule has 2 aliphatic rings. The Labute approximate surface area is 182 Å². The molecule has 1 amide bonds. The van der Waals surface area contributed by atoms with E-state index in [1.807, 2.05) is 33.7 Å². The van der Waals surface area contributed by atoms with Gasteiger partial charge in [0.25, 0.3) is 5.91 Å². The van der Waals surface area contributed by atoms with Gasteiger partial charge in [-0.2, -0.15) is 0 Å². The minimum Gasteiger partial charge on any atom is -0.338 e. The number of benzene rings is 1. The fourth-order valence-corrected chi connectivity index (χ4v) is 4.57. The van der Waals surface area contributed by atoms with Crippen LogP contribution in [0, 0.1) is 11.8 Å². The van der Waals surface area contributed by atoms with Crippen LogP contribution >= 0.6 is 24.8 Å². The molecule has 3 aromatic rings. The molecule has 1 saturated carbocycles. The van der Waals surface area contributed by atoms with Crippen LogP contribution in [0.4, 0.5) is 0 Å². The Hall–Kier alpha value is -2.15. The average molecular weight is 434 g/mol. The maximum atomic E-state index is 13.0. The fourth-order valence-electron chi connectivity index (χ4n) is 4.57. The number of amides is 1. The topological polar surface area (TPSA) is 77.0 Å². The van der Waals surface area contributed by atoms with E-state index in [1.54, 1.807) is 12.5 Å². The molecule has 154 valence electrons. The van der Waals surface area contributed by atoms with Crippen molar-refractivity contribution < 1.29 is 4.79 Å². The zero-order valence-electron chi connectivity index (χ0n) is 16.0. The number of halogens is 2. The number of nitrogens with two attached hydrogens (primary N) is 1. The standard InChI is InChI=1S/C21H23N5O.2ClH/c22-19-15-6-7-16(19)12-25(11-15)21(27)17-8-18-20(23-9-17)26(13-24-18)10-14-4-2-1-3-5-14;;/h1-5,8-9,13,15-16,19H,6-7,10-12,22H2;2*1H/t15-,16+,19?;;. The van der Waals surface area contributed by atoms with E-state index in [1.165, 1.54) is 5.56 Å². The maximum absolute atomic E-state index is 13.0. The van der Waals surface area contributed by atoms with Crippen molar-refractivity contribution in [3.8, 4) is 0 Å². The molecule has 1 aliphatic heterocycles. The Kier molecular flexibility index (Phi) is 6.46. The number of carbonyl (C=O) groups excluding carboxylic acids is 1. The van der Waals surface area contributed by atoms with Crippen LogP contribution in [0.2, 0.25) is 0 Å². The molecule has 1 saturated heterocycles. The van der Waals surface area contributed by atoms with Crippen molar-refractivity contribution in [2.45, 2.75) is 25.4 Å². The minimum atomic E-state index is 0. The van der Waals surface area contributed by atoms with Crippen molar-refractivity contribution in [3.05, 3.63) is 60.0 Å². The Morgan fingerprint density at radius 1 is 1.07 bits per heavy atom. The van der Waals surface area contributed by atoms with Gasteiger partial charge in [-0.1, -0.05) is 30.3 Å². The Morgan fingerprint density at radius 3 is 2.45 bits per heavy atom. The van der Waals surface area contributed by atoms with Gasteiger partial charge in [0, 0.05) is 25.3 Å². The van der Waals surface area contributed by atoms with Gasteiger partial charge in [-0.25, -0.2) is 9.97 Å². The summed E-state index contributed by atoms with van der Waals surface area (Å²) in [6, 6.07) is 12.3. The molecule has 0 radical (unpaired) electrons. The highest BCUT2D eigenvalue weighted by Crippen LogP contribution is 2.36. The third-order valence-corrected chi connectivity index (χ3v) is 6.09. The lowest BCUT2D eigenvalue weighted by Gasteiger charge is -2.36. The number of piperidine rings is 1. The van der Waals surface area contributed by atoms with Crippen LogP contribution in [0.5, 0.6) is 0 Å². The van der Waals surface area contributed by atoms with Crippen molar-refractivity contribution in [1.29, 1.82) is 0 Å². The van der Waals surface area contributed by atoms with Gasteiger partial charge < -0.3 is 15.2 Å². The predicted molar refractivity (Wildman–Crippen MR) is 118 cm³/mol. The molecule has 5 rings (SSSR count). The first kappa shape index (κ1) is 21.6. The molecule has 8 heteroatoms. The number of nitrogens with zero attached hydrogens (tertiary/aromatic N) is 4. The lowest BCUT2D eigenvalue weighted by Crippen LogP contribution is -2.50. The third-order valence-electron chi connectivity index (χ3n) is 6.09. The van der Waals surface area contributed by atoms with Crippen molar-refractivity contribution in [2.24, 2.45) is 17.6 Å². The summed E-state index contributed by atoms with van der Waals surface area (Å²) in [5, 5.41) is 0. The average Bonchev–Trinajstić information content (AvgIpc) is 3.16. The maximum Gasteiger partial charge on any atom is 0.255 e. The van der Waals surface area contributed by atoms with Gasteiger partial charge in [-0.15, -0.1) is 24.8 Å². The van der Waals surface area contributed by atoms with Crippen LogP contribution in [0.15, 0.2) is 48.9 Å².